The summed E-state index contributed by atoms with van der Waals surface area (Å²) in [6.45, 7) is 0.733. The Morgan fingerprint density at radius 1 is 1.23 bits per heavy atom. The van der Waals surface area contributed by atoms with Crippen molar-refractivity contribution in [3.63, 3.8) is 0 Å². The molecule has 0 aliphatic carbocycles. The van der Waals surface area contributed by atoms with Gasteiger partial charge >= 0.3 is 0 Å². The van der Waals surface area contributed by atoms with E-state index in [1.165, 1.54) is 29.6 Å². The van der Waals surface area contributed by atoms with E-state index in [0.29, 0.717) is 35.5 Å². The van der Waals surface area contributed by atoms with Crippen LogP contribution in [0.1, 0.15) is 18.4 Å². The average Bonchev–Trinajstić information content (AvgIpc) is 2.62. The summed E-state index contributed by atoms with van der Waals surface area (Å²) in [4.78, 5) is 0. The quantitative estimate of drug-likeness (QED) is 0.784. The summed E-state index contributed by atoms with van der Waals surface area (Å²) in [7, 11) is -0.314. The van der Waals surface area contributed by atoms with Crippen molar-refractivity contribution in [2.75, 3.05) is 25.0 Å². The number of halogens is 1. The summed E-state index contributed by atoms with van der Waals surface area (Å²) in [5.74, 6) is 0.0965. The lowest BCUT2D eigenvalue weighted by Gasteiger charge is -2.36. The molecular formula is C19H23FN2O3S. The first kappa shape index (κ1) is 18.7. The van der Waals surface area contributed by atoms with Crippen molar-refractivity contribution in [2.45, 2.75) is 24.5 Å². The molecule has 7 heteroatoms. The number of fused-ring (bicyclic) bond motifs is 1. The number of ether oxygens (including phenoxy) is 1. The molecule has 1 aliphatic heterocycles. The monoisotopic (exact) mass is 378 g/mol. The average molecular weight is 378 g/mol. The van der Waals surface area contributed by atoms with Crippen LogP contribution >= 0.6 is 0 Å². The second-order valence-corrected chi connectivity index (χ2v) is 8.39. The molecule has 2 aromatic rings. The van der Waals surface area contributed by atoms with Crippen LogP contribution in [0.5, 0.6) is 5.75 Å². The molecule has 0 radical (unpaired) electrons. The Morgan fingerprint density at radius 3 is 2.73 bits per heavy atom. The minimum absolute atomic E-state index is 0.310. The predicted molar refractivity (Wildman–Crippen MR) is 101 cm³/mol. The SMILES string of the molecule is CNCCCC1Cc2cc(F)ccc2N(c2ccccc2OC)S1(=O)=O. The highest BCUT2D eigenvalue weighted by atomic mass is 32.2. The largest absolute Gasteiger partial charge is 0.495 e. The van der Waals surface area contributed by atoms with Gasteiger partial charge in [-0.05, 0) is 68.8 Å². The van der Waals surface area contributed by atoms with Gasteiger partial charge in [0.2, 0.25) is 10.0 Å². The van der Waals surface area contributed by atoms with Crippen LogP contribution in [0.25, 0.3) is 0 Å². The molecule has 26 heavy (non-hydrogen) atoms. The van der Waals surface area contributed by atoms with Crippen LogP contribution in [0.2, 0.25) is 0 Å². The number of para-hydroxylation sites is 2. The van der Waals surface area contributed by atoms with Gasteiger partial charge in [0.1, 0.15) is 11.6 Å². The normalized spacial score (nSPS) is 18.4. The number of nitrogens with zero attached hydrogens (tertiary/aromatic N) is 1. The Morgan fingerprint density at radius 2 is 2.00 bits per heavy atom. The van der Waals surface area contributed by atoms with Crippen molar-refractivity contribution in [1.29, 1.82) is 0 Å². The number of nitrogens with one attached hydrogen (secondary N) is 1. The molecule has 1 aliphatic rings. The van der Waals surface area contributed by atoms with Crippen molar-refractivity contribution in [2.24, 2.45) is 0 Å². The maximum Gasteiger partial charge on any atom is 0.242 e. The smallest absolute Gasteiger partial charge is 0.242 e. The number of hydrogen-bond donors (Lipinski definition) is 1. The standard InChI is InChI=1S/C19H23FN2O3S/c1-21-11-5-6-16-13-14-12-15(20)9-10-17(14)22(26(16,23)24)18-7-3-4-8-19(18)25-2/h3-4,7-10,12,16,21H,5-6,11,13H2,1-2H3. The van der Waals surface area contributed by atoms with Crippen molar-refractivity contribution in [1.82, 2.24) is 5.32 Å². The third-order valence-corrected chi connectivity index (χ3v) is 6.79. The molecule has 0 aromatic heterocycles. The Balaban J connectivity index is 2.13. The summed E-state index contributed by atoms with van der Waals surface area (Å²) in [6.07, 6.45) is 1.54. The van der Waals surface area contributed by atoms with Gasteiger partial charge in [0, 0.05) is 0 Å². The fourth-order valence-electron chi connectivity index (χ4n) is 3.37. The minimum atomic E-state index is -3.65. The zero-order valence-corrected chi connectivity index (χ0v) is 15.7. The summed E-state index contributed by atoms with van der Waals surface area (Å²) >= 11 is 0. The molecule has 0 bridgehead atoms. The van der Waals surface area contributed by atoms with Gasteiger partial charge in [-0.3, -0.25) is 0 Å². The van der Waals surface area contributed by atoms with E-state index in [0.717, 1.165) is 13.0 Å². The fraction of sp³-hybridized carbons (Fsp3) is 0.368. The molecule has 1 heterocycles. The molecule has 0 spiro atoms. The summed E-state index contributed by atoms with van der Waals surface area (Å²) in [5, 5.41) is 2.43. The minimum Gasteiger partial charge on any atom is -0.495 e. The first-order valence-corrected chi connectivity index (χ1v) is 10.1. The number of sulfonamides is 1. The van der Waals surface area contributed by atoms with Crippen LogP contribution in [-0.2, 0) is 16.4 Å². The van der Waals surface area contributed by atoms with Gasteiger partial charge in [0.15, 0.2) is 0 Å². The first-order chi connectivity index (χ1) is 12.5. The van der Waals surface area contributed by atoms with Crippen LogP contribution < -0.4 is 14.4 Å². The second kappa shape index (κ2) is 7.63. The van der Waals surface area contributed by atoms with Gasteiger partial charge in [-0.2, -0.15) is 0 Å². The number of hydrogen-bond acceptors (Lipinski definition) is 4. The van der Waals surface area contributed by atoms with Crippen molar-refractivity contribution in [3.8, 4) is 5.75 Å². The van der Waals surface area contributed by atoms with Crippen LogP contribution in [0.4, 0.5) is 15.8 Å². The molecule has 5 nitrogen and oxygen atoms in total. The highest BCUT2D eigenvalue weighted by Crippen LogP contribution is 2.43. The van der Waals surface area contributed by atoms with Gasteiger partial charge in [0.25, 0.3) is 0 Å². The molecule has 1 N–H and O–H groups in total. The molecule has 0 saturated heterocycles. The first-order valence-electron chi connectivity index (χ1n) is 8.59. The second-order valence-electron chi connectivity index (χ2n) is 6.33. The Labute approximate surface area is 153 Å². The topological polar surface area (TPSA) is 58.6 Å². The third-order valence-electron chi connectivity index (χ3n) is 4.64. The van der Waals surface area contributed by atoms with E-state index in [2.05, 4.69) is 5.32 Å². The van der Waals surface area contributed by atoms with Crippen LogP contribution in [0.15, 0.2) is 42.5 Å². The van der Waals surface area contributed by atoms with Crippen LogP contribution in [0.3, 0.4) is 0 Å². The number of anilines is 2. The number of benzene rings is 2. The van der Waals surface area contributed by atoms with E-state index >= 15 is 0 Å². The molecule has 1 atom stereocenters. The molecule has 1 unspecified atom stereocenters. The number of rotatable bonds is 6. The number of methoxy groups -OCH3 is 1. The lowest BCUT2D eigenvalue weighted by atomic mass is 10.0. The third kappa shape index (κ3) is 3.41. The molecule has 3 rings (SSSR count). The molecule has 0 saturated carbocycles. The zero-order valence-electron chi connectivity index (χ0n) is 14.9. The van der Waals surface area contributed by atoms with Gasteiger partial charge in [-0.25, -0.2) is 17.1 Å². The van der Waals surface area contributed by atoms with Crippen LogP contribution in [0, 0.1) is 5.82 Å². The van der Waals surface area contributed by atoms with Gasteiger partial charge in [-0.1, -0.05) is 12.1 Å². The Bertz CT molecular complexity index is 886. The Hall–Kier alpha value is -2.12. The fourth-order valence-corrected chi connectivity index (χ4v) is 5.40. The van der Waals surface area contributed by atoms with E-state index in [4.69, 9.17) is 4.74 Å². The summed E-state index contributed by atoms with van der Waals surface area (Å²) in [5.41, 5.74) is 1.63. The molecule has 140 valence electrons. The highest BCUT2D eigenvalue weighted by molar-refractivity contribution is 7.93. The molecule has 0 amide bonds. The van der Waals surface area contributed by atoms with Crippen molar-refractivity contribution < 1.29 is 17.5 Å². The summed E-state index contributed by atoms with van der Waals surface area (Å²) < 4.78 is 47.2. The lowest BCUT2D eigenvalue weighted by molar-refractivity contribution is 0.416. The van der Waals surface area contributed by atoms with Gasteiger partial charge < -0.3 is 10.1 Å². The zero-order chi connectivity index (χ0) is 18.7. The van der Waals surface area contributed by atoms with E-state index in [-0.39, 0.29) is 5.82 Å². The van der Waals surface area contributed by atoms with E-state index in [1.807, 2.05) is 7.05 Å². The van der Waals surface area contributed by atoms with E-state index < -0.39 is 15.3 Å². The predicted octanol–water partition coefficient (Wildman–Crippen LogP) is 3.23. The maximum absolute atomic E-state index is 13.8. The molecule has 0 fully saturated rings. The van der Waals surface area contributed by atoms with Gasteiger partial charge in [0.05, 0.1) is 23.7 Å². The maximum atomic E-state index is 13.8. The van der Waals surface area contributed by atoms with E-state index in [9.17, 15) is 12.8 Å². The summed E-state index contributed by atoms with van der Waals surface area (Å²) in [6, 6.07) is 11.2. The molecule has 2 aromatic carbocycles. The van der Waals surface area contributed by atoms with Gasteiger partial charge in [-0.15, -0.1) is 0 Å². The lowest BCUT2D eigenvalue weighted by Crippen LogP contribution is -2.41. The highest BCUT2D eigenvalue weighted by Gasteiger charge is 2.40. The van der Waals surface area contributed by atoms with Crippen LogP contribution in [-0.4, -0.2) is 34.4 Å². The molecular weight excluding hydrogens is 355 g/mol. The van der Waals surface area contributed by atoms with Crippen molar-refractivity contribution >= 4 is 21.4 Å². The Kier molecular flexibility index (Phi) is 5.48. The van der Waals surface area contributed by atoms with Crippen molar-refractivity contribution in [3.05, 3.63) is 53.8 Å². The van der Waals surface area contributed by atoms with E-state index in [1.54, 1.807) is 24.3 Å².